The summed E-state index contributed by atoms with van der Waals surface area (Å²) in [5.41, 5.74) is 0.797. The minimum absolute atomic E-state index is 0.0981. The number of halogens is 1. The molecular weight excluding hydrogens is 265 g/mol. The molecule has 1 aromatic rings. The molecule has 1 heterocycles. The molecule has 0 aliphatic carbocycles. The van der Waals surface area contributed by atoms with E-state index in [1.54, 1.807) is 12.1 Å². The van der Waals surface area contributed by atoms with Gasteiger partial charge in [0, 0.05) is 24.7 Å². The highest BCUT2D eigenvalue weighted by Gasteiger charge is 2.17. The first-order valence-corrected chi connectivity index (χ1v) is 8.09. The van der Waals surface area contributed by atoms with Gasteiger partial charge in [-0.1, -0.05) is 25.1 Å². The fourth-order valence-corrected chi connectivity index (χ4v) is 3.01. The van der Waals surface area contributed by atoms with Crippen LogP contribution in [0.5, 0.6) is 0 Å². The van der Waals surface area contributed by atoms with Crippen molar-refractivity contribution in [2.75, 3.05) is 46.3 Å². The molecule has 118 valence electrons. The van der Waals surface area contributed by atoms with Crippen molar-refractivity contribution in [1.29, 1.82) is 0 Å². The molecule has 1 fully saturated rings. The summed E-state index contributed by atoms with van der Waals surface area (Å²) in [5.74, 6) is -0.0981. The molecule has 1 N–H and O–H groups in total. The second kappa shape index (κ2) is 8.47. The van der Waals surface area contributed by atoms with Gasteiger partial charge in [-0.3, -0.25) is 0 Å². The molecule has 2 rings (SSSR count). The molecule has 1 aliphatic heterocycles. The van der Waals surface area contributed by atoms with Gasteiger partial charge in [0.15, 0.2) is 0 Å². The van der Waals surface area contributed by atoms with Crippen molar-refractivity contribution in [3.05, 3.63) is 35.6 Å². The van der Waals surface area contributed by atoms with Gasteiger partial charge in [0.25, 0.3) is 0 Å². The van der Waals surface area contributed by atoms with Crippen LogP contribution >= 0.6 is 0 Å². The first-order valence-electron chi connectivity index (χ1n) is 8.09. The molecule has 0 spiro atoms. The molecule has 0 bridgehead atoms. The van der Waals surface area contributed by atoms with E-state index in [1.165, 1.54) is 13.0 Å². The van der Waals surface area contributed by atoms with E-state index in [2.05, 4.69) is 29.1 Å². The van der Waals surface area contributed by atoms with Crippen molar-refractivity contribution in [3.63, 3.8) is 0 Å². The van der Waals surface area contributed by atoms with Crippen LogP contribution in [0.1, 0.15) is 31.4 Å². The first-order chi connectivity index (χ1) is 10.2. The number of rotatable bonds is 6. The lowest BCUT2D eigenvalue weighted by atomic mass is 10.0. The van der Waals surface area contributed by atoms with E-state index in [-0.39, 0.29) is 11.9 Å². The van der Waals surface area contributed by atoms with Crippen LogP contribution in [0.15, 0.2) is 24.3 Å². The Balaban J connectivity index is 1.92. The van der Waals surface area contributed by atoms with Crippen LogP contribution in [0, 0.1) is 5.82 Å². The molecule has 0 radical (unpaired) electrons. The van der Waals surface area contributed by atoms with Gasteiger partial charge in [-0.15, -0.1) is 0 Å². The smallest absolute Gasteiger partial charge is 0.127 e. The lowest BCUT2D eigenvalue weighted by Gasteiger charge is -2.24. The molecule has 0 aromatic heterocycles. The van der Waals surface area contributed by atoms with E-state index < -0.39 is 0 Å². The molecule has 0 saturated carbocycles. The summed E-state index contributed by atoms with van der Waals surface area (Å²) < 4.78 is 14.0. The van der Waals surface area contributed by atoms with Gasteiger partial charge in [0.1, 0.15) is 5.82 Å². The number of hydrogen-bond donors (Lipinski definition) is 1. The highest BCUT2D eigenvalue weighted by atomic mass is 19.1. The average Bonchev–Trinajstić information content (AvgIpc) is 2.69. The third-order valence-corrected chi connectivity index (χ3v) is 4.28. The van der Waals surface area contributed by atoms with Crippen LogP contribution in [-0.2, 0) is 0 Å². The Labute approximate surface area is 128 Å². The Morgan fingerprint density at radius 3 is 2.76 bits per heavy atom. The van der Waals surface area contributed by atoms with Gasteiger partial charge in [-0.05, 0) is 52.1 Å². The Morgan fingerprint density at radius 2 is 2.00 bits per heavy atom. The number of benzene rings is 1. The van der Waals surface area contributed by atoms with E-state index >= 15 is 0 Å². The maximum atomic E-state index is 14.0. The quantitative estimate of drug-likeness (QED) is 0.869. The second-order valence-electron chi connectivity index (χ2n) is 5.92. The lowest BCUT2D eigenvalue weighted by molar-refractivity contribution is 0.260. The van der Waals surface area contributed by atoms with E-state index in [0.29, 0.717) is 0 Å². The van der Waals surface area contributed by atoms with Crippen molar-refractivity contribution in [2.45, 2.75) is 25.8 Å². The van der Waals surface area contributed by atoms with Crippen LogP contribution in [0.3, 0.4) is 0 Å². The third kappa shape index (κ3) is 5.06. The minimum atomic E-state index is -0.0981. The largest absolute Gasteiger partial charge is 0.310 e. The summed E-state index contributed by atoms with van der Waals surface area (Å²) in [4.78, 5) is 4.90. The molecular formula is C17H28FN3. The van der Waals surface area contributed by atoms with E-state index in [4.69, 9.17) is 0 Å². The molecule has 4 heteroatoms. The summed E-state index contributed by atoms with van der Waals surface area (Å²) in [6, 6.07) is 7.24. The van der Waals surface area contributed by atoms with Gasteiger partial charge >= 0.3 is 0 Å². The summed E-state index contributed by atoms with van der Waals surface area (Å²) in [6.45, 7) is 8.55. The van der Waals surface area contributed by atoms with Gasteiger partial charge in [0.2, 0.25) is 0 Å². The van der Waals surface area contributed by atoms with Crippen molar-refractivity contribution < 1.29 is 4.39 Å². The fraction of sp³-hybridized carbons (Fsp3) is 0.647. The number of nitrogens with one attached hydrogen (secondary N) is 1. The molecule has 1 aliphatic rings. The molecule has 1 atom stereocenters. The molecule has 1 unspecified atom stereocenters. The highest BCUT2D eigenvalue weighted by molar-refractivity contribution is 5.21. The Hall–Kier alpha value is -0.970. The summed E-state index contributed by atoms with van der Waals surface area (Å²) in [6.07, 6.45) is 2.18. The Kier molecular flexibility index (Phi) is 6.61. The zero-order valence-corrected chi connectivity index (χ0v) is 13.3. The van der Waals surface area contributed by atoms with Gasteiger partial charge < -0.3 is 15.1 Å². The molecule has 1 aromatic carbocycles. The van der Waals surface area contributed by atoms with Crippen LogP contribution in [-0.4, -0.2) is 56.1 Å². The predicted molar refractivity (Wildman–Crippen MR) is 86.0 cm³/mol. The second-order valence-corrected chi connectivity index (χ2v) is 5.92. The normalized spacial score (nSPS) is 19.4. The van der Waals surface area contributed by atoms with Crippen molar-refractivity contribution in [1.82, 2.24) is 15.1 Å². The fourth-order valence-electron chi connectivity index (χ4n) is 3.01. The maximum absolute atomic E-state index is 14.0. The number of hydrogen-bond acceptors (Lipinski definition) is 3. The molecule has 21 heavy (non-hydrogen) atoms. The Bertz CT molecular complexity index is 424. The molecule has 1 saturated heterocycles. The van der Waals surface area contributed by atoms with Crippen molar-refractivity contribution in [3.8, 4) is 0 Å². The standard InChI is InChI=1S/C17H28FN3/c1-3-19-17(15-7-4-5-8-16(15)18)9-12-21-11-6-10-20(2)13-14-21/h4-5,7-8,17,19H,3,6,9-14H2,1-2H3. The van der Waals surface area contributed by atoms with Crippen LogP contribution in [0.4, 0.5) is 4.39 Å². The van der Waals surface area contributed by atoms with Crippen LogP contribution < -0.4 is 5.32 Å². The number of nitrogens with zero attached hydrogens (tertiary/aromatic N) is 2. The predicted octanol–water partition coefficient (Wildman–Crippen LogP) is 2.50. The van der Waals surface area contributed by atoms with Gasteiger partial charge in [0.05, 0.1) is 0 Å². The first kappa shape index (κ1) is 16.4. The monoisotopic (exact) mass is 293 g/mol. The van der Waals surface area contributed by atoms with Gasteiger partial charge in [-0.2, -0.15) is 0 Å². The average molecular weight is 293 g/mol. The summed E-state index contributed by atoms with van der Waals surface area (Å²) in [5, 5.41) is 3.43. The van der Waals surface area contributed by atoms with E-state index in [1.807, 2.05) is 12.1 Å². The van der Waals surface area contributed by atoms with Crippen LogP contribution in [0.25, 0.3) is 0 Å². The van der Waals surface area contributed by atoms with E-state index in [9.17, 15) is 4.39 Å². The van der Waals surface area contributed by atoms with E-state index in [0.717, 1.165) is 44.7 Å². The van der Waals surface area contributed by atoms with Crippen LogP contribution in [0.2, 0.25) is 0 Å². The Morgan fingerprint density at radius 1 is 1.19 bits per heavy atom. The lowest BCUT2D eigenvalue weighted by Crippen LogP contribution is -2.32. The summed E-state index contributed by atoms with van der Waals surface area (Å²) in [7, 11) is 2.18. The number of likely N-dealkylation sites (N-methyl/N-ethyl adjacent to an activating group) is 1. The topological polar surface area (TPSA) is 18.5 Å². The third-order valence-electron chi connectivity index (χ3n) is 4.28. The zero-order valence-electron chi connectivity index (χ0n) is 13.3. The maximum Gasteiger partial charge on any atom is 0.127 e. The van der Waals surface area contributed by atoms with Gasteiger partial charge in [-0.25, -0.2) is 4.39 Å². The van der Waals surface area contributed by atoms with Crippen molar-refractivity contribution in [2.24, 2.45) is 0 Å². The SMILES string of the molecule is CCNC(CCN1CCCN(C)CC1)c1ccccc1F. The highest BCUT2D eigenvalue weighted by Crippen LogP contribution is 2.20. The molecule has 3 nitrogen and oxygen atoms in total. The summed E-state index contributed by atoms with van der Waals surface area (Å²) >= 11 is 0. The minimum Gasteiger partial charge on any atom is -0.310 e. The van der Waals surface area contributed by atoms with Crippen molar-refractivity contribution >= 4 is 0 Å². The zero-order chi connectivity index (χ0) is 15.1. The molecule has 0 amide bonds.